The molecule has 0 saturated heterocycles. The molecular weight excluding hydrogens is 208 g/mol. The fourth-order valence-corrected chi connectivity index (χ4v) is 2.72. The van der Waals surface area contributed by atoms with Crippen molar-refractivity contribution in [3.05, 3.63) is 30.1 Å². The van der Waals surface area contributed by atoms with Crippen LogP contribution in [0.15, 0.2) is 24.4 Å². The fourth-order valence-electron chi connectivity index (χ4n) is 2.72. The van der Waals surface area contributed by atoms with E-state index in [0.717, 1.165) is 18.2 Å². The first-order valence-corrected chi connectivity index (χ1v) is 7.00. The molecule has 0 aromatic carbocycles. The second-order valence-corrected chi connectivity index (χ2v) is 5.22. The first kappa shape index (κ1) is 12.6. The number of rotatable bonds is 5. The molecule has 1 atom stereocenters. The van der Waals surface area contributed by atoms with Crippen molar-refractivity contribution in [2.75, 3.05) is 6.54 Å². The van der Waals surface area contributed by atoms with Gasteiger partial charge in [-0.2, -0.15) is 0 Å². The molecule has 0 amide bonds. The molecule has 1 fully saturated rings. The second kappa shape index (κ2) is 6.75. The summed E-state index contributed by atoms with van der Waals surface area (Å²) in [4.78, 5) is 4.38. The summed E-state index contributed by atoms with van der Waals surface area (Å²) in [5.41, 5.74) is 1.15. The number of hydrogen-bond acceptors (Lipinski definition) is 2. The van der Waals surface area contributed by atoms with E-state index in [1.165, 1.54) is 38.5 Å². The van der Waals surface area contributed by atoms with Crippen LogP contribution < -0.4 is 5.32 Å². The van der Waals surface area contributed by atoms with Gasteiger partial charge in [-0.1, -0.05) is 38.2 Å². The van der Waals surface area contributed by atoms with Crippen LogP contribution in [0.3, 0.4) is 0 Å². The molecule has 0 spiro atoms. The molecular formula is C15H24N2. The van der Waals surface area contributed by atoms with Crippen LogP contribution in [0, 0.1) is 5.92 Å². The predicted molar refractivity (Wildman–Crippen MR) is 71.8 cm³/mol. The molecule has 1 N–H and O–H groups in total. The minimum Gasteiger partial charge on any atom is -0.309 e. The maximum Gasteiger partial charge on any atom is 0.0570 e. The number of hydrogen-bond donors (Lipinski definition) is 1. The van der Waals surface area contributed by atoms with Crippen LogP contribution in [0.4, 0.5) is 0 Å². The monoisotopic (exact) mass is 232 g/mol. The van der Waals surface area contributed by atoms with Gasteiger partial charge in [-0.05, 0) is 37.9 Å². The third-order valence-electron chi connectivity index (χ3n) is 3.86. The molecule has 0 aliphatic heterocycles. The molecule has 2 heteroatoms. The van der Waals surface area contributed by atoms with Crippen molar-refractivity contribution in [3.63, 3.8) is 0 Å². The Morgan fingerprint density at radius 1 is 1.29 bits per heavy atom. The SMILES string of the molecule is CC(NCCC1CCCCC1)c1ccccn1. The van der Waals surface area contributed by atoms with E-state index in [-0.39, 0.29) is 0 Å². The molecule has 1 aliphatic carbocycles. The van der Waals surface area contributed by atoms with Crippen molar-refractivity contribution in [1.29, 1.82) is 0 Å². The molecule has 0 bridgehead atoms. The smallest absolute Gasteiger partial charge is 0.0570 e. The lowest BCUT2D eigenvalue weighted by Crippen LogP contribution is -2.23. The van der Waals surface area contributed by atoms with Crippen molar-refractivity contribution in [1.82, 2.24) is 10.3 Å². The van der Waals surface area contributed by atoms with E-state index in [1.54, 1.807) is 0 Å². The quantitative estimate of drug-likeness (QED) is 0.837. The van der Waals surface area contributed by atoms with Crippen LogP contribution >= 0.6 is 0 Å². The summed E-state index contributed by atoms with van der Waals surface area (Å²) >= 11 is 0. The van der Waals surface area contributed by atoms with Crippen LogP contribution in [0.2, 0.25) is 0 Å². The molecule has 1 saturated carbocycles. The van der Waals surface area contributed by atoms with Crippen LogP contribution in [0.5, 0.6) is 0 Å². The van der Waals surface area contributed by atoms with Gasteiger partial charge in [0, 0.05) is 12.2 Å². The van der Waals surface area contributed by atoms with Gasteiger partial charge >= 0.3 is 0 Å². The Labute approximate surface area is 105 Å². The molecule has 2 nitrogen and oxygen atoms in total. The first-order valence-electron chi connectivity index (χ1n) is 7.00. The molecule has 1 heterocycles. The molecule has 0 radical (unpaired) electrons. The zero-order valence-electron chi connectivity index (χ0n) is 10.9. The fraction of sp³-hybridized carbons (Fsp3) is 0.667. The normalized spacial score (nSPS) is 19.1. The van der Waals surface area contributed by atoms with Gasteiger partial charge in [-0.15, -0.1) is 0 Å². The van der Waals surface area contributed by atoms with Gasteiger partial charge in [0.1, 0.15) is 0 Å². The van der Waals surface area contributed by atoms with Gasteiger partial charge in [0.05, 0.1) is 5.69 Å². The average molecular weight is 232 g/mol. The lowest BCUT2D eigenvalue weighted by atomic mass is 9.87. The van der Waals surface area contributed by atoms with Gasteiger partial charge in [0.2, 0.25) is 0 Å². The maximum atomic E-state index is 4.38. The Balaban J connectivity index is 1.67. The standard InChI is InChI=1S/C15H24N2/c1-13(15-9-5-6-11-17-15)16-12-10-14-7-3-2-4-8-14/h5-6,9,11,13-14,16H,2-4,7-8,10,12H2,1H3. The molecule has 1 aliphatic rings. The predicted octanol–water partition coefficient (Wildman–Crippen LogP) is 3.70. The van der Waals surface area contributed by atoms with E-state index >= 15 is 0 Å². The van der Waals surface area contributed by atoms with Crippen molar-refractivity contribution in [3.8, 4) is 0 Å². The maximum absolute atomic E-state index is 4.38. The summed E-state index contributed by atoms with van der Waals surface area (Å²) in [5.74, 6) is 0.965. The first-order chi connectivity index (χ1) is 8.36. The van der Waals surface area contributed by atoms with E-state index in [4.69, 9.17) is 0 Å². The molecule has 1 unspecified atom stereocenters. The van der Waals surface area contributed by atoms with E-state index in [0.29, 0.717) is 6.04 Å². The Morgan fingerprint density at radius 3 is 2.82 bits per heavy atom. The molecule has 1 aromatic rings. The Kier molecular flexibility index (Phi) is 4.99. The van der Waals surface area contributed by atoms with Gasteiger partial charge < -0.3 is 5.32 Å². The van der Waals surface area contributed by atoms with Crippen LogP contribution in [0.1, 0.15) is 57.2 Å². The molecule has 2 rings (SSSR count). The summed E-state index contributed by atoms with van der Waals surface area (Å²) in [5, 5.41) is 3.58. The number of nitrogens with one attached hydrogen (secondary N) is 1. The lowest BCUT2D eigenvalue weighted by molar-refractivity contribution is 0.329. The lowest BCUT2D eigenvalue weighted by Gasteiger charge is -2.22. The summed E-state index contributed by atoms with van der Waals surface area (Å²) in [6.45, 7) is 3.33. The Bertz CT molecular complexity index is 304. The Morgan fingerprint density at radius 2 is 2.12 bits per heavy atom. The van der Waals surface area contributed by atoms with Crippen molar-refractivity contribution in [2.24, 2.45) is 5.92 Å². The number of aromatic nitrogens is 1. The van der Waals surface area contributed by atoms with Gasteiger partial charge in [0.25, 0.3) is 0 Å². The highest BCUT2D eigenvalue weighted by atomic mass is 14.9. The summed E-state index contributed by atoms with van der Waals surface area (Å²) in [7, 11) is 0. The third kappa shape index (κ3) is 4.12. The van der Waals surface area contributed by atoms with Crippen molar-refractivity contribution >= 4 is 0 Å². The van der Waals surface area contributed by atoms with E-state index < -0.39 is 0 Å². The Hall–Kier alpha value is -0.890. The highest BCUT2D eigenvalue weighted by Gasteiger charge is 2.13. The highest BCUT2D eigenvalue weighted by molar-refractivity contribution is 5.07. The molecule has 1 aromatic heterocycles. The zero-order chi connectivity index (χ0) is 11.9. The summed E-state index contributed by atoms with van der Waals surface area (Å²) in [6.07, 6.45) is 10.4. The van der Waals surface area contributed by atoms with E-state index in [1.807, 2.05) is 12.3 Å². The van der Waals surface area contributed by atoms with Gasteiger partial charge in [-0.25, -0.2) is 0 Å². The van der Waals surface area contributed by atoms with Crippen molar-refractivity contribution in [2.45, 2.75) is 51.5 Å². The summed E-state index contributed by atoms with van der Waals surface area (Å²) < 4.78 is 0. The minimum absolute atomic E-state index is 0.375. The minimum atomic E-state index is 0.375. The van der Waals surface area contributed by atoms with Crippen molar-refractivity contribution < 1.29 is 0 Å². The van der Waals surface area contributed by atoms with Crippen LogP contribution in [-0.2, 0) is 0 Å². The largest absolute Gasteiger partial charge is 0.309 e. The summed E-state index contributed by atoms with van der Waals surface area (Å²) in [6, 6.07) is 6.50. The third-order valence-corrected chi connectivity index (χ3v) is 3.86. The van der Waals surface area contributed by atoms with Crippen LogP contribution in [-0.4, -0.2) is 11.5 Å². The highest BCUT2D eigenvalue weighted by Crippen LogP contribution is 2.25. The van der Waals surface area contributed by atoms with E-state index in [9.17, 15) is 0 Å². The number of nitrogens with zero attached hydrogens (tertiary/aromatic N) is 1. The topological polar surface area (TPSA) is 24.9 Å². The average Bonchev–Trinajstić information content (AvgIpc) is 2.41. The van der Waals surface area contributed by atoms with Crippen LogP contribution in [0.25, 0.3) is 0 Å². The van der Waals surface area contributed by atoms with Gasteiger partial charge in [-0.3, -0.25) is 4.98 Å². The number of pyridine rings is 1. The molecule has 94 valence electrons. The second-order valence-electron chi connectivity index (χ2n) is 5.22. The van der Waals surface area contributed by atoms with Gasteiger partial charge in [0.15, 0.2) is 0 Å². The molecule has 17 heavy (non-hydrogen) atoms. The van der Waals surface area contributed by atoms with E-state index in [2.05, 4.69) is 29.4 Å². The zero-order valence-corrected chi connectivity index (χ0v) is 10.9.